The summed E-state index contributed by atoms with van der Waals surface area (Å²) in [6, 6.07) is 14.1. The summed E-state index contributed by atoms with van der Waals surface area (Å²) in [5, 5.41) is 5.18. The number of carbonyl (C=O) groups is 3. The topological polar surface area (TPSA) is 75.3 Å². The summed E-state index contributed by atoms with van der Waals surface area (Å²) in [5.41, 5.74) is 3.03. The van der Waals surface area contributed by atoms with E-state index in [1.54, 1.807) is 24.3 Å². The highest BCUT2D eigenvalue weighted by atomic mass is 16.2. The molecule has 130 valence electrons. The zero-order valence-corrected chi connectivity index (χ0v) is 14.6. The fourth-order valence-corrected chi connectivity index (χ4v) is 2.39. The number of hydrogen-bond acceptors (Lipinski definition) is 3. The number of Topliss-reactive ketones (excluding diaryl/α,β-unsaturated/α-hetero) is 1. The molecule has 0 spiro atoms. The number of hydrogen-bond donors (Lipinski definition) is 2. The van der Waals surface area contributed by atoms with Gasteiger partial charge in [0.1, 0.15) is 0 Å². The average Bonchev–Trinajstić information content (AvgIpc) is 2.61. The minimum atomic E-state index is -0.766. The van der Waals surface area contributed by atoms with Gasteiger partial charge in [0.2, 0.25) is 0 Å². The van der Waals surface area contributed by atoms with E-state index < -0.39 is 11.8 Å². The quantitative estimate of drug-likeness (QED) is 0.649. The fraction of sp³-hybridized carbons (Fsp3) is 0.250. The zero-order chi connectivity index (χ0) is 18.4. The van der Waals surface area contributed by atoms with Gasteiger partial charge in [0, 0.05) is 11.3 Å². The third-order valence-corrected chi connectivity index (χ3v) is 3.97. The van der Waals surface area contributed by atoms with Gasteiger partial charge in [-0.25, -0.2) is 0 Å². The predicted octanol–water partition coefficient (Wildman–Crippen LogP) is 3.27. The Hall–Kier alpha value is -2.95. The molecule has 0 aliphatic rings. The number of nitrogens with one attached hydrogen (secondary N) is 2. The monoisotopic (exact) mass is 338 g/mol. The molecular weight excluding hydrogens is 316 g/mol. The second kappa shape index (κ2) is 8.24. The highest BCUT2D eigenvalue weighted by Crippen LogP contribution is 2.14. The number of benzene rings is 2. The Morgan fingerprint density at radius 3 is 2.28 bits per heavy atom. The lowest BCUT2D eigenvalue weighted by Gasteiger charge is -2.14. The van der Waals surface area contributed by atoms with Gasteiger partial charge < -0.3 is 10.6 Å². The molecule has 0 saturated carbocycles. The number of carbonyl (C=O) groups excluding carboxylic acids is 3. The summed E-state index contributed by atoms with van der Waals surface area (Å²) in [7, 11) is 0. The van der Waals surface area contributed by atoms with E-state index in [-0.39, 0.29) is 11.8 Å². The molecule has 0 heterocycles. The first kappa shape index (κ1) is 18.4. The lowest BCUT2D eigenvalue weighted by molar-refractivity contribution is -0.136. The van der Waals surface area contributed by atoms with Gasteiger partial charge in [-0.05, 0) is 43.5 Å². The first-order valence-corrected chi connectivity index (χ1v) is 8.22. The Morgan fingerprint density at radius 1 is 1.00 bits per heavy atom. The van der Waals surface area contributed by atoms with Crippen LogP contribution < -0.4 is 10.6 Å². The molecule has 1 unspecified atom stereocenters. The van der Waals surface area contributed by atoms with Crippen LogP contribution in [0.25, 0.3) is 0 Å². The Kier molecular flexibility index (Phi) is 6.06. The van der Waals surface area contributed by atoms with Gasteiger partial charge in [0.05, 0.1) is 6.04 Å². The van der Waals surface area contributed by atoms with Crippen molar-refractivity contribution in [2.45, 2.75) is 33.2 Å². The van der Waals surface area contributed by atoms with Crippen molar-refractivity contribution < 1.29 is 14.4 Å². The minimum Gasteiger partial charge on any atom is -0.341 e. The summed E-state index contributed by atoms with van der Waals surface area (Å²) in [5.74, 6) is -1.59. The summed E-state index contributed by atoms with van der Waals surface area (Å²) < 4.78 is 0. The van der Waals surface area contributed by atoms with Crippen molar-refractivity contribution >= 4 is 23.3 Å². The maximum absolute atomic E-state index is 12.1. The number of aryl methyl sites for hydroxylation is 1. The third-order valence-electron chi connectivity index (χ3n) is 3.97. The molecule has 2 aromatic rings. The van der Waals surface area contributed by atoms with E-state index in [4.69, 9.17) is 0 Å². The molecule has 0 saturated heterocycles. The summed E-state index contributed by atoms with van der Waals surface area (Å²) >= 11 is 0. The van der Waals surface area contributed by atoms with E-state index in [0.717, 1.165) is 12.0 Å². The third kappa shape index (κ3) is 5.01. The number of anilines is 1. The summed E-state index contributed by atoms with van der Waals surface area (Å²) in [4.78, 5) is 35.5. The SMILES string of the molecule is CCc1ccc(C(C)NC(=O)C(=O)Nc2cccc(C(C)=O)c2)cc1. The molecule has 2 aromatic carbocycles. The largest absolute Gasteiger partial charge is 0.341 e. The van der Waals surface area contributed by atoms with Crippen molar-refractivity contribution in [3.05, 3.63) is 65.2 Å². The van der Waals surface area contributed by atoms with Gasteiger partial charge in [0.25, 0.3) is 0 Å². The molecular formula is C20H22N2O3. The van der Waals surface area contributed by atoms with E-state index >= 15 is 0 Å². The van der Waals surface area contributed by atoms with Crippen LogP contribution in [0.1, 0.15) is 48.3 Å². The highest BCUT2D eigenvalue weighted by Gasteiger charge is 2.17. The van der Waals surface area contributed by atoms with Gasteiger partial charge in [-0.3, -0.25) is 14.4 Å². The van der Waals surface area contributed by atoms with E-state index in [2.05, 4.69) is 17.6 Å². The standard InChI is InChI=1S/C20H22N2O3/c1-4-15-8-10-16(11-9-15)13(2)21-19(24)20(25)22-18-7-5-6-17(12-18)14(3)23/h5-13H,4H2,1-3H3,(H,21,24)(H,22,25). The second-order valence-electron chi connectivity index (χ2n) is 5.88. The molecule has 2 rings (SSSR count). The minimum absolute atomic E-state index is 0.107. The Bertz CT molecular complexity index is 782. The van der Waals surface area contributed by atoms with Crippen molar-refractivity contribution in [2.24, 2.45) is 0 Å². The summed E-state index contributed by atoms with van der Waals surface area (Å²) in [6.07, 6.45) is 0.947. The Morgan fingerprint density at radius 2 is 1.68 bits per heavy atom. The Balaban J connectivity index is 1.98. The van der Waals surface area contributed by atoms with Crippen molar-refractivity contribution in [1.82, 2.24) is 5.32 Å². The van der Waals surface area contributed by atoms with Crippen LogP contribution in [0.5, 0.6) is 0 Å². The van der Waals surface area contributed by atoms with Gasteiger partial charge >= 0.3 is 11.8 Å². The van der Waals surface area contributed by atoms with Gasteiger partial charge in [0.15, 0.2) is 5.78 Å². The van der Waals surface area contributed by atoms with E-state index in [1.807, 2.05) is 31.2 Å². The molecule has 25 heavy (non-hydrogen) atoms. The molecule has 0 bridgehead atoms. The molecule has 0 fully saturated rings. The van der Waals surface area contributed by atoms with E-state index in [9.17, 15) is 14.4 Å². The predicted molar refractivity (Wildman–Crippen MR) is 97.5 cm³/mol. The number of ketones is 1. The highest BCUT2D eigenvalue weighted by molar-refractivity contribution is 6.39. The van der Waals surface area contributed by atoms with E-state index in [0.29, 0.717) is 11.3 Å². The van der Waals surface area contributed by atoms with Crippen molar-refractivity contribution in [3.63, 3.8) is 0 Å². The van der Waals surface area contributed by atoms with Crippen LogP contribution >= 0.6 is 0 Å². The molecule has 0 aliphatic heterocycles. The lowest BCUT2D eigenvalue weighted by atomic mass is 10.0. The normalized spacial score (nSPS) is 11.5. The van der Waals surface area contributed by atoms with Crippen molar-refractivity contribution in [1.29, 1.82) is 0 Å². The van der Waals surface area contributed by atoms with Crippen molar-refractivity contribution in [3.8, 4) is 0 Å². The maximum Gasteiger partial charge on any atom is 0.313 e. The summed E-state index contributed by atoms with van der Waals surface area (Å²) in [6.45, 7) is 5.34. The maximum atomic E-state index is 12.1. The molecule has 0 aromatic heterocycles. The fourth-order valence-electron chi connectivity index (χ4n) is 2.39. The molecule has 2 amide bonds. The first-order chi connectivity index (χ1) is 11.9. The second-order valence-corrected chi connectivity index (χ2v) is 5.88. The first-order valence-electron chi connectivity index (χ1n) is 8.22. The van der Waals surface area contributed by atoms with Gasteiger partial charge in [-0.2, -0.15) is 0 Å². The molecule has 0 radical (unpaired) electrons. The van der Waals surface area contributed by atoms with Gasteiger partial charge in [-0.15, -0.1) is 0 Å². The lowest BCUT2D eigenvalue weighted by Crippen LogP contribution is -2.36. The van der Waals surface area contributed by atoms with Gasteiger partial charge in [-0.1, -0.05) is 43.3 Å². The van der Waals surface area contributed by atoms with Crippen LogP contribution in [0.4, 0.5) is 5.69 Å². The molecule has 2 N–H and O–H groups in total. The average molecular weight is 338 g/mol. The van der Waals surface area contributed by atoms with Crippen LogP contribution in [0, 0.1) is 0 Å². The zero-order valence-electron chi connectivity index (χ0n) is 14.6. The van der Waals surface area contributed by atoms with Crippen molar-refractivity contribution in [2.75, 3.05) is 5.32 Å². The molecule has 0 aliphatic carbocycles. The van der Waals surface area contributed by atoms with E-state index in [1.165, 1.54) is 12.5 Å². The van der Waals surface area contributed by atoms with Crippen LogP contribution in [0.15, 0.2) is 48.5 Å². The Labute approximate surface area is 147 Å². The number of rotatable bonds is 5. The number of amides is 2. The molecule has 5 heteroatoms. The van der Waals surface area contributed by atoms with Crippen LogP contribution in [0.2, 0.25) is 0 Å². The van der Waals surface area contributed by atoms with Crippen LogP contribution in [-0.2, 0) is 16.0 Å². The molecule has 1 atom stereocenters. The van der Waals surface area contributed by atoms with Crippen LogP contribution in [-0.4, -0.2) is 17.6 Å². The molecule has 5 nitrogen and oxygen atoms in total. The smallest absolute Gasteiger partial charge is 0.313 e. The van der Waals surface area contributed by atoms with Crippen LogP contribution in [0.3, 0.4) is 0 Å².